The molecule has 0 atom stereocenters. The lowest BCUT2D eigenvalue weighted by Crippen LogP contribution is -2.29. The lowest BCUT2D eigenvalue weighted by molar-refractivity contribution is -0.135. The van der Waals surface area contributed by atoms with Gasteiger partial charge in [-0.2, -0.15) is 4.72 Å². The van der Waals surface area contributed by atoms with Gasteiger partial charge in [0.05, 0.1) is 10.6 Å². The van der Waals surface area contributed by atoms with Crippen LogP contribution in [0.5, 0.6) is 0 Å². The molecule has 0 fully saturated rings. The molecule has 0 spiro atoms. The van der Waals surface area contributed by atoms with Gasteiger partial charge in [-0.15, -0.1) is 0 Å². The van der Waals surface area contributed by atoms with Crippen LogP contribution in [0.2, 0.25) is 0 Å². The van der Waals surface area contributed by atoms with Crippen LogP contribution in [0.3, 0.4) is 0 Å². The number of carboxylic acid groups (broad SMARTS) is 1. The molecule has 0 saturated carbocycles. The van der Waals surface area contributed by atoms with Crippen molar-refractivity contribution in [3.63, 3.8) is 0 Å². The molecule has 10 heteroatoms. The Morgan fingerprint density at radius 3 is 2.23 bits per heavy atom. The third kappa shape index (κ3) is 6.00. The first kappa shape index (κ1) is 18.4. The summed E-state index contributed by atoms with van der Waals surface area (Å²) in [6.07, 6.45) is 1.27. The maximum absolute atomic E-state index is 11.8. The van der Waals surface area contributed by atoms with E-state index in [-0.39, 0.29) is 16.3 Å². The van der Waals surface area contributed by atoms with Gasteiger partial charge in [0.1, 0.15) is 6.54 Å². The Labute approximate surface area is 129 Å². The summed E-state index contributed by atoms with van der Waals surface area (Å²) in [6.45, 7) is 1.15. The highest BCUT2D eigenvalue weighted by Crippen LogP contribution is 2.15. The molecule has 0 heterocycles. The van der Waals surface area contributed by atoms with E-state index in [1.165, 1.54) is 24.3 Å². The third-order valence-electron chi connectivity index (χ3n) is 2.62. The molecule has 0 bridgehead atoms. The summed E-state index contributed by atoms with van der Waals surface area (Å²) in [7, 11) is -7.40. The summed E-state index contributed by atoms with van der Waals surface area (Å²) < 4.78 is 51.2. The fourth-order valence-electron chi connectivity index (χ4n) is 1.51. The fraction of sp³-hybridized carbons (Fsp3) is 0.417. The summed E-state index contributed by atoms with van der Waals surface area (Å²) in [5, 5.41) is 8.46. The summed E-state index contributed by atoms with van der Waals surface area (Å²) in [6, 6.07) is 5.00. The molecule has 0 aliphatic heterocycles. The number of anilines is 1. The Morgan fingerprint density at radius 1 is 1.14 bits per heavy atom. The SMILES string of the molecule is CCCCS(=O)(=O)Nc1ccc(S(=O)(=O)NCC(=O)O)cc1. The number of nitrogens with one attached hydrogen (secondary N) is 2. The van der Waals surface area contributed by atoms with Gasteiger partial charge in [0.25, 0.3) is 0 Å². The van der Waals surface area contributed by atoms with E-state index in [9.17, 15) is 21.6 Å². The molecule has 3 N–H and O–H groups in total. The minimum atomic E-state index is -3.94. The molecule has 0 saturated heterocycles. The van der Waals surface area contributed by atoms with Crippen LogP contribution >= 0.6 is 0 Å². The van der Waals surface area contributed by atoms with E-state index in [1.54, 1.807) is 0 Å². The molecule has 0 radical (unpaired) electrons. The Morgan fingerprint density at radius 2 is 1.73 bits per heavy atom. The number of carbonyl (C=O) groups is 1. The molecule has 124 valence electrons. The molecule has 1 rings (SSSR count). The highest BCUT2D eigenvalue weighted by atomic mass is 32.2. The van der Waals surface area contributed by atoms with Crippen molar-refractivity contribution < 1.29 is 26.7 Å². The zero-order valence-electron chi connectivity index (χ0n) is 11.9. The molecule has 1 aromatic carbocycles. The minimum Gasteiger partial charge on any atom is -0.480 e. The molecule has 0 aliphatic carbocycles. The predicted molar refractivity (Wildman–Crippen MR) is 81.6 cm³/mol. The molecule has 0 amide bonds. The van der Waals surface area contributed by atoms with Crippen molar-refractivity contribution in [2.24, 2.45) is 0 Å². The summed E-state index contributed by atoms with van der Waals surface area (Å²) in [5.41, 5.74) is 0.244. The molecular formula is C12H18N2O6S2. The molecule has 22 heavy (non-hydrogen) atoms. The monoisotopic (exact) mass is 350 g/mol. The quantitative estimate of drug-likeness (QED) is 0.598. The first-order valence-corrected chi connectivity index (χ1v) is 9.62. The third-order valence-corrected chi connectivity index (χ3v) is 5.41. The number of hydrogen-bond acceptors (Lipinski definition) is 5. The first-order valence-electron chi connectivity index (χ1n) is 6.48. The van der Waals surface area contributed by atoms with Gasteiger partial charge in [-0.3, -0.25) is 9.52 Å². The second kappa shape index (κ2) is 7.56. The molecule has 0 unspecified atom stereocenters. The van der Waals surface area contributed by atoms with Gasteiger partial charge >= 0.3 is 5.97 Å². The smallest absolute Gasteiger partial charge is 0.318 e. The number of rotatable bonds is 9. The summed E-state index contributed by atoms with van der Waals surface area (Å²) in [4.78, 5) is 10.2. The van der Waals surface area contributed by atoms with Crippen molar-refractivity contribution in [1.29, 1.82) is 0 Å². The van der Waals surface area contributed by atoms with Crippen molar-refractivity contribution in [2.45, 2.75) is 24.7 Å². The lowest BCUT2D eigenvalue weighted by atomic mass is 10.3. The van der Waals surface area contributed by atoms with Crippen LogP contribution in [-0.2, 0) is 24.8 Å². The van der Waals surface area contributed by atoms with Gasteiger partial charge in [-0.05, 0) is 30.7 Å². The second-order valence-electron chi connectivity index (χ2n) is 4.52. The van der Waals surface area contributed by atoms with E-state index in [0.717, 1.165) is 6.42 Å². The Hall–Kier alpha value is -1.65. The largest absolute Gasteiger partial charge is 0.480 e. The normalized spacial score (nSPS) is 12.0. The topological polar surface area (TPSA) is 130 Å². The van der Waals surface area contributed by atoms with E-state index < -0.39 is 32.6 Å². The van der Waals surface area contributed by atoms with Crippen LogP contribution in [0.4, 0.5) is 5.69 Å². The molecular weight excluding hydrogens is 332 g/mol. The van der Waals surface area contributed by atoms with Crippen LogP contribution in [0, 0.1) is 0 Å². The number of hydrogen-bond donors (Lipinski definition) is 3. The maximum Gasteiger partial charge on any atom is 0.318 e. The van der Waals surface area contributed by atoms with Gasteiger partial charge in [0.15, 0.2) is 0 Å². The fourth-order valence-corrected chi connectivity index (χ4v) is 3.75. The molecule has 0 aliphatic rings. The van der Waals surface area contributed by atoms with Crippen molar-refractivity contribution in [2.75, 3.05) is 17.0 Å². The Bertz CT molecular complexity index is 710. The van der Waals surface area contributed by atoms with Crippen LogP contribution in [0.15, 0.2) is 29.2 Å². The standard InChI is InChI=1S/C12H18N2O6S2/c1-2-3-8-21(17,18)14-10-4-6-11(7-5-10)22(19,20)13-9-12(15)16/h4-7,13-14H,2-3,8-9H2,1H3,(H,15,16). The molecule has 1 aromatic rings. The maximum atomic E-state index is 11.8. The van der Waals surface area contributed by atoms with Crippen molar-refractivity contribution in [1.82, 2.24) is 4.72 Å². The minimum absolute atomic E-state index is 0.0102. The van der Waals surface area contributed by atoms with Gasteiger partial charge in [0.2, 0.25) is 20.0 Å². The lowest BCUT2D eigenvalue weighted by Gasteiger charge is -2.09. The van der Waals surface area contributed by atoms with Crippen LogP contribution in [0.1, 0.15) is 19.8 Å². The van der Waals surface area contributed by atoms with E-state index >= 15 is 0 Å². The predicted octanol–water partition coefficient (Wildman–Crippen LogP) is 0.591. The van der Waals surface area contributed by atoms with Gasteiger partial charge in [-0.1, -0.05) is 13.3 Å². The van der Waals surface area contributed by atoms with Crippen LogP contribution in [-0.4, -0.2) is 40.2 Å². The highest BCUT2D eigenvalue weighted by molar-refractivity contribution is 7.92. The van der Waals surface area contributed by atoms with Gasteiger partial charge in [0, 0.05) is 5.69 Å². The summed E-state index contributed by atoms with van der Waals surface area (Å²) in [5.74, 6) is -1.31. The molecule has 0 aromatic heterocycles. The van der Waals surface area contributed by atoms with E-state index in [2.05, 4.69) is 4.72 Å². The first-order chi connectivity index (χ1) is 10.2. The second-order valence-corrected chi connectivity index (χ2v) is 8.13. The summed E-state index contributed by atoms with van der Waals surface area (Å²) >= 11 is 0. The number of carboxylic acids is 1. The van der Waals surface area contributed by atoms with Crippen molar-refractivity contribution in [3.05, 3.63) is 24.3 Å². The number of sulfonamides is 2. The van der Waals surface area contributed by atoms with Crippen LogP contribution < -0.4 is 9.44 Å². The van der Waals surface area contributed by atoms with Crippen molar-refractivity contribution >= 4 is 31.7 Å². The van der Waals surface area contributed by atoms with Crippen molar-refractivity contribution in [3.8, 4) is 0 Å². The van der Waals surface area contributed by atoms with E-state index in [1.807, 2.05) is 11.6 Å². The van der Waals surface area contributed by atoms with Crippen LogP contribution in [0.25, 0.3) is 0 Å². The average molecular weight is 350 g/mol. The van der Waals surface area contributed by atoms with E-state index in [4.69, 9.17) is 5.11 Å². The Balaban J connectivity index is 2.80. The number of aliphatic carboxylic acids is 1. The average Bonchev–Trinajstić information content (AvgIpc) is 2.43. The number of unbranched alkanes of at least 4 members (excludes halogenated alkanes) is 1. The van der Waals surface area contributed by atoms with Gasteiger partial charge < -0.3 is 5.11 Å². The van der Waals surface area contributed by atoms with Gasteiger partial charge in [-0.25, -0.2) is 16.8 Å². The Kier molecular flexibility index (Phi) is 6.33. The molecule has 8 nitrogen and oxygen atoms in total. The number of benzene rings is 1. The zero-order valence-corrected chi connectivity index (χ0v) is 13.6. The van der Waals surface area contributed by atoms with E-state index in [0.29, 0.717) is 6.42 Å². The highest BCUT2D eigenvalue weighted by Gasteiger charge is 2.16. The zero-order chi connectivity index (χ0) is 16.8.